The second-order valence-corrected chi connectivity index (χ2v) is 5.95. The van der Waals surface area contributed by atoms with Crippen LogP contribution in [0, 0.1) is 0 Å². The summed E-state index contributed by atoms with van der Waals surface area (Å²) in [5.41, 5.74) is 11.8. The fraction of sp³-hybridized carbons (Fsp3) is 0.278. The second-order valence-electron chi connectivity index (χ2n) is 5.95. The van der Waals surface area contributed by atoms with E-state index in [1.807, 2.05) is 29.2 Å². The Morgan fingerprint density at radius 1 is 1.10 bits per heavy atom. The third kappa shape index (κ3) is 1.92. The van der Waals surface area contributed by atoms with E-state index in [4.69, 9.17) is 5.73 Å². The van der Waals surface area contributed by atoms with Crippen molar-refractivity contribution >= 4 is 11.6 Å². The van der Waals surface area contributed by atoms with Gasteiger partial charge in [0.1, 0.15) is 0 Å². The molecule has 1 atom stereocenters. The fourth-order valence-corrected chi connectivity index (χ4v) is 3.53. The summed E-state index contributed by atoms with van der Waals surface area (Å²) in [4.78, 5) is 14.7. The molecule has 1 aliphatic carbocycles. The lowest BCUT2D eigenvalue weighted by Gasteiger charge is -2.36. The molecule has 1 amide bonds. The number of carbonyl (C=O) groups excluding carboxylic acids is 1. The molecule has 0 fully saturated rings. The lowest BCUT2D eigenvalue weighted by molar-refractivity contribution is -0.134. The van der Waals surface area contributed by atoms with Crippen molar-refractivity contribution in [3.8, 4) is 0 Å². The minimum Gasteiger partial charge on any atom is -0.398 e. The Hall–Kier alpha value is -2.29. The standard InChI is InChI=1S/C18H18N2O/c19-17-7-3-5-13-11-20(9-8-15(13)17)18(21)16-10-12-4-1-2-6-14(12)16/h1-7,16H,8-11,19H2. The van der Waals surface area contributed by atoms with Gasteiger partial charge in [0.25, 0.3) is 0 Å². The summed E-state index contributed by atoms with van der Waals surface area (Å²) >= 11 is 0. The highest BCUT2D eigenvalue weighted by atomic mass is 16.2. The van der Waals surface area contributed by atoms with Crippen molar-refractivity contribution in [3.63, 3.8) is 0 Å². The van der Waals surface area contributed by atoms with Gasteiger partial charge in [-0.3, -0.25) is 4.79 Å². The van der Waals surface area contributed by atoms with Crippen LogP contribution in [0.2, 0.25) is 0 Å². The molecule has 0 radical (unpaired) electrons. The summed E-state index contributed by atoms with van der Waals surface area (Å²) in [6.45, 7) is 1.47. The quantitative estimate of drug-likeness (QED) is 0.815. The minimum absolute atomic E-state index is 0.0591. The number of hydrogen-bond donors (Lipinski definition) is 1. The van der Waals surface area contributed by atoms with Crippen LogP contribution in [-0.2, 0) is 24.2 Å². The third-order valence-electron chi connectivity index (χ3n) is 4.77. The Morgan fingerprint density at radius 3 is 2.76 bits per heavy atom. The zero-order chi connectivity index (χ0) is 14.4. The molecule has 106 valence electrons. The first kappa shape index (κ1) is 12.5. The molecular weight excluding hydrogens is 260 g/mol. The highest BCUT2D eigenvalue weighted by molar-refractivity contribution is 5.87. The van der Waals surface area contributed by atoms with E-state index in [2.05, 4.69) is 18.2 Å². The van der Waals surface area contributed by atoms with Crippen LogP contribution < -0.4 is 5.73 Å². The molecule has 2 aromatic rings. The van der Waals surface area contributed by atoms with Crippen LogP contribution in [0.25, 0.3) is 0 Å². The summed E-state index contributed by atoms with van der Waals surface area (Å²) in [7, 11) is 0. The number of anilines is 1. The van der Waals surface area contributed by atoms with Gasteiger partial charge in [-0.25, -0.2) is 0 Å². The van der Waals surface area contributed by atoms with Crippen LogP contribution in [0.15, 0.2) is 42.5 Å². The van der Waals surface area contributed by atoms with Gasteiger partial charge in [0.15, 0.2) is 0 Å². The fourth-order valence-electron chi connectivity index (χ4n) is 3.53. The highest BCUT2D eigenvalue weighted by Crippen LogP contribution is 2.37. The predicted octanol–water partition coefficient (Wildman–Crippen LogP) is 2.49. The largest absolute Gasteiger partial charge is 0.398 e. The van der Waals surface area contributed by atoms with Crippen LogP contribution in [0.3, 0.4) is 0 Å². The molecule has 2 aromatic carbocycles. The molecule has 3 nitrogen and oxygen atoms in total. The molecule has 2 aliphatic rings. The Kier molecular flexibility index (Phi) is 2.74. The maximum Gasteiger partial charge on any atom is 0.230 e. The molecule has 3 heteroatoms. The normalized spacial score (nSPS) is 19.4. The SMILES string of the molecule is Nc1cccc2c1CCN(C(=O)C1Cc3ccccc31)C2. The molecule has 2 N–H and O–H groups in total. The van der Waals surface area contributed by atoms with Gasteiger partial charge in [0.2, 0.25) is 5.91 Å². The van der Waals surface area contributed by atoms with Gasteiger partial charge < -0.3 is 10.6 Å². The zero-order valence-corrected chi connectivity index (χ0v) is 11.9. The second kappa shape index (κ2) is 4.62. The number of rotatable bonds is 1. The van der Waals surface area contributed by atoms with Crippen LogP contribution in [0.5, 0.6) is 0 Å². The van der Waals surface area contributed by atoms with Gasteiger partial charge in [-0.2, -0.15) is 0 Å². The van der Waals surface area contributed by atoms with Gasteiger partial charge >= 0.3 is 0 Å². The number of fused-ring (bicyclic) bond motifs is 2. The molecule has 0 saturated carbocycles. The third-order valence-corrected chi connectivity index (χ3v) is 4.77. The number of nitrogen functional groups attached to an aromatic ring is 1. The average molecular weight is 278 g/mol. The van der Waals surface area contributed by atoms with E-state index in [0.29, 0.717) is 6.54 Å². The van der Waals surface area contributed by atoms with Crippen molar-refractivity contribution < 1.29 is 4.79 Å². The van der Waals surface area contributed by atoms with E-state index in [-0.39, 0.29) is 11.8 Å². The molecule has 4 rings (SSSR count). The number of nitrogens with two attached hydrogens (primary N) is 1. The summed E-state index contributed by atoms with van der Waals surface area (Å²) < 4.78 is 0. The Bertz CT molecular complexity index is 723. The van der Waals surface area contributed by atoms with E-state index in [1.54, 1.807) is 0 Å². The molecule has 1 unspecified atom stereocenters. The first-order valence-electron chi connectivity index (χ1n) is 7.47. The number of carbonyl (C=O) groups is 1. The van der Waals surface area contributed by atoms with Crippen LogP contribution in [-0.4, -0.2) is 17.4 Å². The van der Waals surface area contributed by atoms with E-state index in [1.165, 1.54) is 22.3 Å². The smallest absolute Gasteiger partial charge is 0.230 e. The summed E-state index contributed by atoms with van der Waals surface area (Å²) in [5.74, 6) is 0.325. The summed E-state index contributed by atoms with van der Waals surface area (Å²) in [5, 5.41) is 0. The van der Waals surface area contributed by atoms with Crippen molar-refractivity contribution in [1.29, 1.82) is 0 Å². The van der Waals surface area contributed by atoms with Crippen LogP contribution in [0.4, 0.5) is 5.69 Å². The average Bonchev–Trinajstić information content (AvgIpc) is 2.48. The lowest BCUT2D eigenvalue weighted by atomic mass is 9.76. The number of nitrogens with zero attached hydrogens (tertiary/aromatic N) is 1. The maximum atomic E-state index is 12.7. The minimum atomic E-state index is 0.0591. The van der Waals surface area contributed by atoms with Crippen molar-refractivity contribution in [2.75, 3.05) is 12.3 Å². The predicted molar refractivity (Wildman–Crippen MR) is 82.9 cm³/mol. The number of hydrogen-bond acceptors (Lipinski definition) is 2. The van der Waals surface area contributed by atoms with Gasteiger partial charge in [-0.15, -0.1) is 0 Å². The molecule has 0 bridgehead atoms. The van der Waals surface area contributed by atoms with Crippen molar-refractivity contribution in [1.82, 2.24) is 4.90 Å². The van der Waals surface area contributed by atoms with Gasteiger partial charge in [0, 0.05) is 18.8 Å². The Balaban J connectivity index is 1.56. The lowest BCUT2D eigenvalue weighted by Crippen LogP contribution is -2.42. The van der Waals surface area contributed by atoms with Gasteiger partial charge in [-0.1, -0.05) is 36.4 Å². The van der Waals surface area contributed by atoms with Crippen molar-refractivity contribution in [3.05, 3.63) is 64.7 Å². The number of benzene rings is 2. The molecule has 1 aliphatic heterocycles. The van der Waals surface area contributed by atoms with Crippen molar-refractivity contribution in [2.24, 2.45) is 0 Å². The summed E-state index contributed by atoms with van der Waals surface area (Å²) in [6, 6.07) is 14.3. The Labute approximate surface area is 124 Å². The van der Waals surface area contributed by atoms with E-state index < -0.39 is 0 Å². The van der Waals surface area contributed by atoms with E-state index in [9.17, 15) is 4.79 Å². The van der Waals surface area contributed by atoms with Crippen LogP contribution in [0.1, 0.15) is 28.2 Å². The topological polar surface area (TPSA) is 46.3 Å². The molecule has 0 spiro atoms. The first-order chi connectivity index (χ1) is 10.2. The van der Waals surface area contributed by atoms with Gasteiger partial charge in [-0.05, 0) is 41.2 Å². The molecular formula is C18H18N2O. The molecule has 0 aromatic heterocycles. The number of amides is 1. The van der Waals surface area contributed by atoms with Gasteiger partial charge in [0.05, 0.1) is 5.92 Å². The Morgan fingerprint density at radius 2 is 1.90 bits per heavy atom. The maximum absolute atomic E-state index is 12.7. The van der Waals surface area contributed by atoms with Crippen LogP contribution >= 0.6 is 0 Å². The monoisotopic (exact) mass is 278 g/mol. The zero-order valence-electron chi connectivity index (χ0n) is 11.9. The highest BCUT2D eigenvalue weighted by Gasteiger charge is 2.35. The molecule has 0 saturated heterocycles. The molecule has 21 heavy (non-hydrogen) atoms. The molecule has 1 heterocycles. The first-order valence-corrected chi connectivity index (χ1v) is 7.47. The van der Waals surface area contributed by atoms with E-state index in [0.717, 1.165) is 25.1 Å². The summed E-state index contributed by atoms with van der Waals surface area (Å²) in [6.07, 6.45) is 1.75. The van der Waals surface area contributed by atoms with E-state index >= 15 is 0 Å². The van der Waals surface area contributed by atoms with Crippen molar-refractivity contribution in [2.45, 2.75) is 25.3 Å².